The molecule has 2 aromatic rings. The van der Waals surface area contributed by atoms with E-state index in [9.17, 15) is 0 Å². The van der Waals surface area contributed by atoms with Crippen molar-refractivity contribution in [1.29, 1.82) is 0 Å². The molecule has 1 spiro atoms. The number of benzene rings is 1. The first-order valence-corrected chi connectivity index (χ1v) is 9.45. The zero-order chi connectivity index (χ0) is 16.9. The number of nitrogen functional groups attached to an aromatic ring is 1. The van der Waals surface area contributed by atoms with Gasteiger partial charge in [-0.05, 0) is 44.2 Å². The van der Waals surface area contributed by atoms with E-state index in [2.05, 4.69) is 39.9 Å². The fourth-order valence-corrected chi connectivity index (χ4v) is 4.92. The first-order chi connectivity index (χ1) is 12.3. The molecule has 0 saturated carbocycles. The van der Waals surface area contributed by atoms with E-state index >= 15 is 0 Å². The largest absolute Gasteiger partial charge is 0.368 e. The molecule has 1 aromatic carbocycles. The van der Waals surface area contributed by atoms with Gasteiger partial charge in [-0.2, -0.15) is 0 Å². The maximum atomic E-state index is 6.16. The number of nitrogens with zero attached hydrogens (tertiary/aromatic N) is 2. The number of hydrogen-bond acceptors (Lipinski definition) is 5. The molecule has 1 aliphatic carbocycles. The van der Waals surface area contributed by atoms with Gasteiger partial charge in [-0.1, -0.05) is 24.3 Å². The number of hydrogen-bond donors (Lipinski definition) is 3. The molecule has 5 heteroatoms. The van der Waals surface area contributed by atoms with Crippen molar-refractivity contribution in [2.24, 2.45) is 5.41 Å². The summed E-state index contributed by atoms with van der Waals surface area (Å²) in [5.74, 6) is 0.401. The predicted molar refractivity (Wildman–Crippen MR) is 99.2 cm³/mol. The van der Waals surface area contributed by atoms with Crippen LogP contribution in [0.15, 0.2) is 24.3 Å². The second-order valence-corrected chi connectivity index (χ2v) is 7.76. The molecule has 5 rings (SSSR count). The summed E-state index contributed by atoms with van der Waals surface area (Å²) >= 11 is 0. The minimum atomic E-state index is 0.290. The minimum Gasteiger partial charge on any atom is -0.368 e. The van der Waals surface area contributed by atoms with Gasteiger partial charge in [0.05, 0.1) is 17.4 Å². The van der Waals surface area contributed by atoms with Crippen molar-refractivity contribution < 1.29 is 0 Å². The van der Waals surface area contributed by atoms with Gasteiger partial charge in [0, 0.05) is 29.6 Å². The van der Waals surface area contributed by atoms with Gasteiger partial charge in [0.15, 0.2) is 0 Å². The third-order valence-electron chi connectivity index (χ3n) is 6.25. The van der Waals surface area contributed by atoms with Crippen LogP contribution in [0.2, 0.25) is 0 Å². The fraction of sp³-hybridized carbons (Fsp3) is 0.500. The van der Waals surface area contributed by atoms with Crippen LogP contribution in [0.25, 0.3) is 11.3 Å². The van der Waals surface area contributed by atoms with Crippen LogP contribution in [0.1, 0.15) is 42.1 Å². The van der Waals surface area contributed by atoms with Crippen molar-refractivity contribution in [2.45, 2.75) is 38.1 Å². The molecule has 5 nitrogen and oxygen atoms in total. The highest BCUT2D eigenvalue weighted by Crippen LogP contribution is 2.47. The zero-order valence-corrected chi connectivity index (χ0v) is 14.5. The van der Waals surface area contributed by atoms with E-state index in [4.69, 9.17) is 10.7 Å². The molecule has 0 radical (unpaired) electrons. The van der Waals surface area contributed by atoms with Crippen LogP contribution >= 0.6 is 0 Å². The van der Waals surface area contributed by atoms with E-state index in [1.54, 1.807) is 0 Å². The lowest BCUT2D eigenvalue weighted by Crippen LogP contribution is -2.62. The third kappa shape index (κ3) is 2.37. The first-order valence-electron chi connectivity index (χ1n) is 9.45. The Morgan fingerprint density at radius 2 is 2.00 bits per heavy atom. The first kappa shape index (κ1) is 15.3. The second-order valence-electron chi connectivity index (χ2n) is 7.76. The monoisotopic (exact) mass is 335 g/mol. The summed E-state index contributed by atoms with van der Waals surface area (Å²) in [6, 6.07) is 8.91. The molecule has 3 heterocycles. The van der Waals surface area contributed by atoms with Crippen LogP contribution in [-0.4, -0.2) is 29.6 Å². The number of rotatable bonds is 1. The molecular weight excluding hydrogens is 310 g/mol. The molecule has 2 saturated heterocycles. The van der Waals surface area contributed by atoms with Crippen LogP contribution in [0.5, 0.6) is 0 Å². The number of anilines is 1. The van der Waals surface area contributed by atoms with Crippen LogP contribution in [0.4, 0.5) is 5.95 Å². The smallest absolute Gasteiger partial charge is 0.220 e. The van der Waals surface area contributed by atoms with Crippen molar-refractivity contribution in [3.8, 4) is 11.3 Å². The van der Waals surface area contributed by atoms with E-state index in [-0.39, 0.29) is 0 Å². The number of piperidine rings is 1. The van der Waals surface area contributed by atoms with E-state index in [1.165, 1.54) is 29.5 Å². The standard InChI is InChI=1S/C20H25N5/c21-19-24-16-14-7-2-1-5-13(14)6-3-8-15(16)17(25-19)18-20(12-23-18)9-4-10-22-11-20/h1-2,5,7,18,22-23H,3-4,6,8-12H2,(H2,21,24,25). The highest BCUT2D eigenvalue weighted by molar-refractivity contribution is 5.70. The summed E-state index contributed by atoms with van der Waals surface area (Å²) in [7, 11) is 0. The summed E-state index contributed by atoms with van der Waals surface area (Å²) in [5.41, 5.74) is 12.6. The lowest BCUT2D eigenvalue weighted by atomic mass is 9.66. The molecule has 2 unspecified atom stereocenters. The normalized spacial score (nSPS) is 27.9. The maximum absolute atomic E-state index is 6.16. The molecule has 0 bridgehead atoms. The third-order valence-corrected chi connectivity index (χ3v) is 6.25. The Morgan fingerprint density at radius 1 is 1.08 bits per heavy atom. The van der Waals surface area contributed by atoms with E-state index in [1.807, 2.05) is 0 Å². The Morgan fingerprint density at radius 3 is 2.80 bits per heavy atom. The van der Waals surface area contributed by atoms with Crippen molar-refractivity contribution in [2.75, 3.05) is 25.4 Å². The van der Waals surface area contributed by atoms with Gasteiger partial charge in [-0.3, -0.25) is 0 Å². The SMILES string of the molecule is Nc1nc2c(c(C3NCC34CCCNC4)n1)CCCc1ccccc1-2. The Bertz CT molecular complexity index is 810. The van der Waals surface area contributed by atoms with Gasteiger partial charge >= 0.3 is 0 Å². The summed E-state index contributed by atoms with van der Waals surface area (Å²) in [5, 5.41) is 7.24. The average Bonchev–Trinajstić information content (AvgIpc) is 2.81. The van der Waals surface area contributed by atoms with Gasteiger partial charge in [0.25, 0.3) is 0 Å². The number of aryl methyl sites for hydroxylation is 1. The Kier molecular flexibility index (Phi) is 3.54. The van der Waals surface area contributed by atoms with E-state index in [0.29, 0.717) is 17.4 Å². The van der Waals surface area contributed by atoms with Crippen molar-refractivity contribution in [3.63, 3.8) is 0 Å². The molecule has 25 heavy (non-hydrogen) atoms. The quantitative estimate of drug-likeness (QED) is 0.745. The number of fused-ring (bicyclic) bond motifs is 3. The molecule has 3 aliphatic rings. The van der Waals surface area contributed by atoms with Crippen molar-refractivity contribution in [3.05, 3.63) is 41.1 Å². The molecule has 2 aliphatic heterocycles. The molecule has 1 aromatic heterocycles. The number of aromatic nitrogens is 2. The lowest BCUT2D eigenvalue weighted by Gasteiger charge is -2.53. The Labute approximate surface area is 148 Å². The Balaban J connectivity index is 1.64. The van der Waals surface area contributed by atoms with Gasteiger partial charge in [-0.15, -0.1) is 0 Å². The van der Waals surface area contributed by atoms with Gasteiger partial charge in [0.1, 0.15) is 0 Å². The molecule has 2 atom stereocenters. The highest BCUT2D eigenvalue weighted by Gasteiger charge is 2.49. The fourth-order valence-electron chi connectivity index (χ4n) is 4.92. The lowest BCUT2D eigenvalue weighted by molar-refractivity contribution is 0.0473. The Hall–Kier alpha value is -1.98. The van der Waals surface area contributed by atoms with Crippen molar-refractivity contribution >= 4 is 5.95 Å². The van der Waals surface area contributed by atoms with Crippen LogP contribution in [0, 0.1) is 5.41 Å². The molecule has 130 valence electrons. The summed E-state index contributed by atoms with van der Waals surface area (Å²) in [4.78, 5) is 9.42. The summed E-state index contributed by atoms with van der Waals surface area (Å²) in [6.45, 7) is 3.27. The molecule has 4 N–H and O–H groups in total. The van der Waals surface area contributed by atoms with Gasteiger partial charge in [0.2, 0.25) is 5.95 Å². The van der Waals surface area contributed by atoms with Gasteiger partial charge in [-0.25, -0.2) is 9.97 Å². The maximum Gasteiger partial charge on any atom is 0.220 e. The highest BCUT2D eigenvalue weighted by atomic mass is 15.1. The zero-order valence-electron chi connectivity index (χ0n) is 14.5. The van der Waals surface area contributed by atoms with Gasteiger partial charge < -0.3 is 16.4 Å². The minimum absolute atomic E-state index is 0.290. The average molecular weight is 335 g/mol. The van der Waals surface area contributed by atoms with E-state index < -0.39 is 0 Å². The molecular formula is C20H25N5. The topological polar surface area (TPSA) is 75.9 Å². The van der Waals surface area contributed by atoms with Crippen LogP contribution in [-0.2, 0) is 12.8 Å². The van der Waals surface area contributed by atoms with Crippen LogP contribution < -0.4 is 16.4 Å². The second kappa shape index (κ2) is 5.78. The van der Waals surface area contributed by atoms with E-state index in [0.717, 1.165) is 50.3 Å². The number of nitrogens with two attached hydrogens (primary N) is 1. The molecule has 2 fully saturated rings. The summed E-state index contributed by atoms with van der Waals surface area (Å²) in [6.07, 6.45) is 5.76. The number of nitrogens with one attached hydrogen (secondary N) is 2. The van der Waals surface area contributed by atoms with Crippen molar-refractivity contribution in [1.82, 2.24) is 20.6 Å². The van der Waals surface area contributed by atoms with Crippen LogP contribution in [0.3, 0.4) is 0 Å². The summed E-state index contributed by atoms with van der Waals surface area (Å²) < 4.78 is 0. The molecule has 0 amide bonds. The predicted octanol–water partition coefficient (Wildman–Crippen LogP) is 2.23.